The quantitative estimate of drug-likeness (QED) is 0.350. The molecule has 0 unspecified atom stereocenters. The molecule has 0 aliphatic carbocycles. The predicted octanol–water partition coefficient (Wildman–Crippen LogP) is -11.0. The third kappa shape index (κ3) is 15.7. The van der Waals surface area contributed by atoms with Gasteiger partial charge in [0.1, 0.15) is 39.3 Å². The van der Waals surface area contributed by atoms with E-state index in [4.69, 9.17) is 0 Å². The summed E-state index contributed by atoms with van der Waals surface area (Å²) in [5, 5.41) is 41.7. The fourth-order valence-corrected chi connectivity index (χ4v) is 1.65. The molecule has 0 bridgehead atoms. The number of carbonyl (C=O) groups excluding carboxylic acids is 4. The third-order valence-electron chi connectivity index (χ3n) is 2.41. The van der Waals surface area contributed by atoms with Gasteiger partial charge in [-0.1, -0.05) is 0 Å². The van der Waals surface area contributed by atoms with Gasteiger partial charge < -0.3 is 49.4 Å². The summed E-state index contributed by atoms with van der Waals surface area (Å²) in [4.78, 5) is 41.8. The van der Waals surface area contributed by atoms with Crippen LogP contribution in [0, 0.1) is 0 Å². The Labute approximate surface area is 158 Å². The largest absolute Gasteiger partial charge is 2.00 e. The average molecular weight is 339 g/mol. The molecule has 22 heavy (non-hydrogen) atoms. The molecule has 0 aromatic heterocycles. The smallest absolute Gasteiger partial charge is 0.544 e. The van der Waals surface area contributed by atoms with Crippen LogP contribution in [-0.2, 0) is 19.2 Å². The Hall–Kier alpha value is -0.668. The normalized spacial score (nSPS) is 9.73. The van der Waals surface area contributed by atoms with Gasteiger partial charge in [-0.3, -0.25) is 0 Å². The summed E-state index contributed by atoms with van der Waals surface area (Å²) in [5.74, 6) is -5.93. The van der Waals surface area contributed by atoms with Crippen LogP contribution in [0.1, 0.15) is 0 Å². The van der Waals surface area contributed by atoms with Crippen molar-refractivity contribution >= 4 is 70.0 Å². The zero-order valence-corrected chi connectivity index (χ0v) is 14.8. The first-order chi connectivity index (χ1) is 9.20. The zero-order valence-electron chi connectivity index (χ0n) is 11.9. The molecule has 114 valence electrons. The van der Waals surface area contributed by atoms with Crippen molar-refractivity contribution in [1.29, 1.82) is 0 Å². The monoisotopic (exact) mass is 338 g/mol. The number of carboxylic acids is 4. The summed E-state index contributed by atoms with van der Waals surface area (Å²) in [6, 6.07) is 0. The first kappa shape index (κ1) is 26.2. The number of hydrogen-bond donors (Lipinski definition) is 2. The molecule has 0 saturated carbocycles. The Morgan fingerprint density at radius 1 is 0.545 bits per heavy atom. The third-order valence-corrected chi connectivity index (χ3v) is 2.41. The maximum Gasteiger partial charge on any atom is 2.00 e. The van der Waals surface area contributed by atoms with Gasteiger partial charge in [0.25, 0.3) is 0 Å². The van der Waals surface area contributed by atoms with E-state index in [0.29, 0.717) is 0 Å². The number of carbonyl (C=O) groups is 4. The average Bonchev–Trinajstić information content (AvgIpc) is 2.22. The van der Waals surface area contributed by atoms with Crippen molar-refractivity contribution in [3.63, 3.8) is 0 Å². The van der Waals surface area contributed by atoms with E-state index < -0.39 is 50.1 Å². The molecule has 0 rings (SSSR count). The van der Waals surface area contributed by atoms with Crippen molar-refractivity contribution in [2.45, 2.75) is 0 Å². The number of rotatable bonds is 11. The summed E-state index contributed by atoms with van der Waals surface area (Å²) in [5.41, 5.74) is 0. The van der Waals surface area contributed by atoms with Crippen molar-refractivity contribution in [2.75, 3.05) is 39.3 Å². The van der Waals surface area contributed by atoms with Crippen molar-refractivity contribution in [1.82, 2.24) is 0 Å². The number of hydrogen-bond acceptors (Lipinski definition) is 8. The van der Waals surface area contributed by atoms with Crippen LogP contribution in [0.4, 0.5) is 0 Å². The molecule has 0 aliphatic rings. The van der Waals surface area contributed by atoms with Crippen LogP contribution in [0.15, 0.2) is 0 Å². The molecular formula is C10H14Mg2N2O8+2. The summed E-state index contributed by atoms with van der Waals surface area (Å²) in [6.45, 7) is -2.62. The molecule has 0 saturated heterocycles. The van der Waals surface area contributed by atoms with Crippen LogP contribution in [0.5, 0.6) is 0 Å². The van der Waals surface area contributed by atoms with E-state index in [1.807, 2.05) is 0 Å². The van der Waals surface area contributed by atoms with Gasteiger partial charge in [0.2, 0.25) is 0 Å². The number of nitrogens with one attached hydrogen (secondary N) is 2. The van der Waals surface area contributed by atoms with Crippen LogP contribution in [0.25, 0.3) is 0 Å². The minimum absolute atomic E-state index is 0. The molecule has 10 nitrogen and oxygen atoms in total. The van der Waals surface area contributed by atoms with Crippen molar-refractivity contribution in [3.8, 4) is 0 Å². The number of aliphatic carboxylic acids is 4. The van der Waals surface area contributed by atoms with E-state index in [-0.39, 0.29) is 69.0 Å². The Kier molecular flexibility index (Phi) is 16.6. The molecule has 0 fully saturated rings. The minimum atomic E-state index is -1.48. The summed E-state index contributed by atoms with van der Waals surface area (Å²) >= 11 is 0. The minimum Gasteiger partial charge on any atom is -0.544 e. The van der Waals surface area contributed by atoms with Gasteiger partial charge in [-0.2, -0.15) is 0 Å². The van der Waals surface area contributed by atoms with Crippen LogP contribution in [-0.4, -0.2) is 109 Å². The molecule has 2 N–H and O–H groups in total. The van der Waals surface area contributed by atoms with Gasteiger partial charge in [0.15, 0.2) is 0 Å². The van der Waals surface area contributed by atoms with E-state index in [2.05, 4.69) is 0 Å². The molecule has 0 radical (unpaired) electrons. The molecule has 12 heteroatoms. The number of carboxylic acid groups (broad SMARTS) is 4. The molecule has 0 spiro atoms. The van der Waals surface area contributed by atoms with Crippen LogP contribution in [0.2, 0.25) is 0 Å². The number of quaternary nitrogens is 2. The Bertz CT molecular complexity index is 325. The van der Waals surface area contributed by atoms with Crippen LogP contribution in [0.3, 0.4) is 0 Å². The van der Waals surface area contributed by atoms with Gasteiger partial charge in [0, 0.05) is 0 Å². The molecule has 0 atom stereocenters. The predicted molar refractivity (Wildman–Crippen MR) is 62.7 cm³/mol. The van der Waals surface area contributed by atoms with E-state index in [1.165, 1.54) is 0 Å². The second-order valence-electron chi connectivity index (χ2n) is 4.20. The van der Waals surface area contributed by atoms with Crippen molar-refractivity contribution in [2.24, 2.45) is 0 Å². The molecule has 0 aromatic rings. The molecule has 0 amide bonds. The van der Waals surface area contributed by atoms with Gasteiger partial charge in [-0.25, -0.2) is 0 Å². The van der Waals surface area contributed by atoms with E-state index in [0.717, 1.165) is 0 Å². The van der Waals surface area contributed by atoms with Crippen LogP contribution >= 0.6 is 0 Å². The zero-order chi connectivity index (χ0) is 15.7. The SMILES string of the molecule is O=C([O-])C[NH+](CC[NH+](CC(=O)[O-])CC(=O)[O-])CC(=O)[O-].[Mg+2].[Mg+2]. The van der Waals surface area contributed by atoms with E-state index >= 15 is 0 Å². The standard InChI is InChI=1S/C10H16N2O8.2Mg/c13-7(14)3-11(4-8(15)16)1-2-12(5-9(17)18)6-10(19)20;;/h1-6H2,(H,13,14)(H,15,16)(H,17,18)(H,19,20);;/q;2*+2/p-2. The van der Waals surface area contributed by atoms with Gasteiger partial charge >= 0.3 is 46.1 Å². The van der Waals surface area contributed by atoms with E-state index in [1.54, 1.807) is 0 Å². The Morgan fingerprint density at radius 2 is 0.727 bits per heavy atom. The van der Waals surface area contributed by atoms with Crippen molar-refractivity contribution < 1.29 is 49.4 Å². The topological polar surface area (TPSA) is 169 Å². The maximum atomic E-state index is 10.4. The molecular weight excluding hydrogens is 325 g/mol. The summed E-state index contributed by atoms with van der Waals surface area (Å²) in [7, 11) is 0. The van der Waals surface area contributed by atoms with Crippen LogP contribution < -0.4 is 30.2 Å². The fourth-order valence-electron chi connectivity index (χ4n) is 1.65. The second kappa shape index (κ2) is 14.0. The first-order valence-electron chi connectivity index (χ1n) is 5.67. The summed E-state index contributed by atoms with van der Waals surface area (Å²) < 4.78 is 0. The summed E-state index contributed by atoms with van der Waals surface area (Å²) in [6.07, 6.45) is 0. The molecule has 0 aromatic carbocycles. The van der Waals surface area contributed by atoms with Gasteiger partial charge in [0.05, 0.1) is 23.9 Å². The Morgan fingerprint density at radius 3 is 0.864 bits per heavy atom. The first-order valence-corrected chi connectivity index (χ1v) is 5.67. The second-order valence-corrected chi connectivity index (χ2v) is 4.20. The van der Waals surface area contributed by atoms with Gasteiger partial charge in [-0.05, 0) is 0 Å². The van der Waals surface area contributed by atoms with Crippen molar-refractivity contribution in [3.05, 3.63) is 0 Å². The van der Waals surface area contributed by atoms with Gasteiger partial charge in [-0.15, -0.1) is 0 Å². The molecule has 0 aliphatic heterocycles. The molecule has 0 heterocycles. The Balaban J connectivity index is -0.00000180. The maximum absolute atomic E-state index is 10.4. The van der Waals surface area contributed by atoms with E-state index in [9.17, 15) is 39.6 Å². The fraction of sp³-hybridized carbons (Fsp3) is 0.600.